The maximum absolute atomic E-state index is 12.5. The summed E-state index contributed by atoms with van der Waals surface area (Å²) in [6, 6.07) is 7.07. The van der Waals surface area contributed by atoms with Gasteiger partial charge in [0.05, 0.1) is 19.4 Å². The predicted octanol–water partition coefficient (Wildman–Crippen LogP) is 1.09. The smallest absolute Gasteiger partial charge is 0.325 e. The van der Waals surface area contributed by atoms with Crippen molar-refractivity contribution in [3.8, 4) is 5.75 Å². The molecule has 0 spiro atoms. The highest BCUT2D eigenvalue weighted by molar-refractivity contribution is 5.97. The van der Waals surface area contributed by atoms with E-state index >= 15 is 0 Å². The van der Waals surface area contributed by atoms with Gasteiger partial charge in [0.25, 0.3) is 0 Å². The van der Waals surface area contributed by atoms with Gasteiger partial charge in [0.1, 0.15) is 12.3 Å². The van der Waals surface area contributed by atoms with Crippen LogP contribution < -0.4 is 15.0 Å². The molecule has 1 N–H and O–H groups in total. The predicted molar refractivity (Wildman–Crippen MR) is 86.8 cm³/mol. The van der Waals surface area contributed by atoms with E-state index in [1.165, 1.54) is 4.90 Å². The van der Waals surface area contributed by atoms with Crippen LogP contribution in [0.3, 0.4) is 0 Å². The van der Waals surface area contributed by atoms with Crippen LogP contribution in [0, 0.1) is 0 Å². The molecule has 7 nitrogen and oxygen atoms in total. The molecule has 3 amide bonds. The Morgan fingerprint density at radius 2 is 2.04 bits per heavy atom. The fraction of sp³-hybridized carbons (Fsp3) is 0.500. The van der Waals surface area contributed by atoms with Crippen LogP contribution in [0.4, 0.5) is 10.5 Å². The van der Waals surface area contributed by atoms with Gasteiger partial charge in [-0.15, -0.1) is 0 Å². The Balaban J connectivity index is 1.98. The van der Waals surface area contributed by atoms with E-state index in [1.54, 1.807) is 19.1 Å². The number of ether oxygens (including phenoxy) is 2. The molecule has 7 heteroatoms. The molecule has 23 heavy (non-hydrogen) atoms. The van der Waals surface area contributed by atoms with E-state index < -0.39 is 0 Å². The monoisotopic (exact) mass is 321 g/mol. The average molecular weight is 321 g/mol. The van der Waals surface area contributed by atoms with Gasteiger partial charge in [-0.3, -0.25) is 9.69 Å². The second kappa shape index (κ2) is 7.82. The van der Waals surface area contributed by atoms with E-state index in [4.69, 9.17) is 9.47 Å². The number of benzene rings is 1. The van der Waals surface area contributed by atoms with E-state index in [2.05, 4.69) is 5.32 Å². The van der Waals surface area contributed by atoms with Crippen molar-refractivity contribution in [1.82, 2.24) is 10.2 Å². The third kappa shape index (κ3) is 4.13. The standard InChI is InChI=1S/C16H23N3O4/c1-12(11-22-2)17-15(20)10-18-8-9-19(16(18)21)13-6-4-5-7-14(13)23-3/h4-7,12H,8-11H2,1-3H3,(H,17,20). The number of nitrogens with zero attached hydrogens (tertiary/aromatic N) is 2. The quantitative estimate of drug-likeness (QED) is 0.816. The van der Waals surface area contributed by atoms with Crippen molar-refractivity contribution in [3.63, 3.8) is 0 Å². The van der Waals surface area contributed by atoms with Crippen LogP contribution in [0.25, 0.3) is 0 Å². The molecular weight excluding hydrogens is 298 g/mol. The van der Waals surface area contributed by atoms with Crippen molar-refractivity contribution in [1.29, 1.82) is 0 Å². The summed E-state index contributed by atoms with van der Waals surface area (Å²) < 4.78 is 10.3. The summed E-state index contributed by atoms with van der Waals surface area (Å²) in [6.07, 6.45) is 0. The van der Waals surface area contributed by atoms with Gasteiger partial charge in [-0.1, -0.05) is 12.1 Å². The van der Waals surface area contributed by atoms with Crippen LogP contribution in [0.15, 0.2) is 24.3 Å². The van der Waals surface area contributed by atoms with E-state index in [9.17, 15) is 9.59 Å². The molecule has 2 rings (SSSR count). The third-order valence-corrected chi connectivity index (χ3v) is 3.63. The third-order valence-electron chi connectivity index (χ3n) is 3.63. The number of carbonyl (C=O) groups excluding carboxylic acids is 2. The zero-order valence-electron chi connectivity index (χ0n) is 13.7. The SMILES string of the molecule is COCC(C)NC(=O)CN1CCN(c2ccccc2OC)C1=O. The highest BCUT2D eigenvalue weighted by Crippen LogP contribution is 2.30. The zero-order valence-corrected chi connectivity index (χ0v) is 13.7. The van der Waals surface area contributed by atoms with Gasteiger partial charge in [0.2, 0.25) is 5.91 Å². The van der Waals surface area contributed by atoms with E-state index in [0.717, 1.165) is 5.69 Å². The van der Waals surface area contributed by atoms with Gasteiger partial charge in [-0.05, 0) is 19.1 Å². The summed E-state index contributed by atoms with van der Waals surface area (Å²) in [4.78, 5) is 27.7. The molecule has 126 valence electrons. The molecule has 0 aromatic heterocycles. The number of rotatable bonds is 7. The molecule has 0 bridgehead atoms. The molecule has 1 aromatic rings. The van der Waals surface area contributed by atoms with Gasteiger partial charge in [-0.25, -0.2) is 4.79 Å². The Morgan fingerprint density at radius 3 is 2.74 bits per heavy atom. The van der Waals surface area contributed by atoms with Crippen LogP contribution in [-0.2, 0) is 9.53 Å². The Kier molecular flexibility index (Phi) is 5.81. The lowest BCUT2D eigenvalue weighted by molar-refractivity contribution is -0.122. The zero-order chi connectivity index (χ0) is 16.8. The first-order valence-corrected chi connectivity index (χ1v) is 7.54. The topological polar surface area (TPSA) is 71.1 Å². The number of anilines is 1. The molecule has 0 saturated carbocycles. The van der Waals surface area contributed by atoms with E-state index in [-0.39, 0.29) is 24.5 Å². The number of amides is 3. The minimum atomic E-state index is -0.191. The molecule has 1 aromatic carbocycles. The van der Waals surface area contributed by atoms with Crippen LogP contribution in [0.1, 0.15) is 6.92 Å². The molecular formula is C16H23N3O4. The molecule has 1 fully saturated rings. The van der Waals surface area contributed by atoms with Gasteiger partial charge in [0, 0.05) is 26.2 Å². The lowest BCUT2D eigenvalue weighted by Gasteiger charge is -2.21. The highest BCUT2D eigenvalue weighted by atomic mass is 16.5. The minimum absolute atomic E-state index is 0.0402. The Bertz CT molecular complexity index is 564. The van der Waals surface area contributed by atoms with Gasteiger partial charge in [-0.2, -0.15) is 0 Å². The molecule has 1 aliphatic rings. The molecule has 1 unspecified atom stereocenters. The Hall–Kier alpha value is -2.28. The molecule has 1 saturated heterocycles. The van der Waals surface area contributed by atoms with Crippen LogP contribution in [-0.4, -0.2) is 63.3 Å². The Labute approximate surface area is 136 Å². The number of hydrogen-bond acceptors (Lipinski definition) is 4. The van der Waals surface area contributed by atoms with Crippen molar-refractivity contribution in [2.24, 2.45) is 0 Å². The van der Waals surface area contributed by atoms with Crippen molar-refractivity contribution < 1.29 is 19.1 Å². The fourth-order valence-electron chi connectivity index (χ4n) is 2.59. The first kappa shape index (κ1) is 17.1. The number of nitrogens with one attached hydrogen (secondary N) is 1. The summed E-state index contributed by atoms with van der Waals surface area (Å²) >= 11 is 0. The van der Waals surface area contributed by atoms with Gasteiger partial charge < -0.3 is 19.7 Å². The van der Waals surface area contributed by atoms with Crippen molar-refractivity contribution in [2.75, 3.05) is 45.4 Å². The lowest BCUT2D eigenvalue weighted by atomic mass is 10.2. The maximum atomic E-state index is 12.5. The number of carbonyl (C=O) groups is 2. The van der Waals surface area contributed by atoms with Crippen molar-refractivity contribution in [3.05, 3.63) is 24.3 Å². The second-order valence-corrected chi connectivity index (χ2v) is 5.45. The normalized spacial score (nSPS) is 15.7. The minimum Gasteiger partial charge on any atom is -0.495 e. The number of urea groups is 1. The summed E-state index contributed by atoms with van der Waals surface area (Å²) in [7, 11) is 3.15. The largest absolute Gasteiger partial charge is 0.495 e. The molecule has 0 radical (unpaired) electrons. The summed E-state index contributed by atoms with van der Waals surface area (Å²) in [5.74, 6) is 0.450. The molecule has 0 aliphatic carbocycles. The molecule has 1 heterocycles. The van der Waals surface area contributed by atoms with Gasteiger partial charge >= 0.3 is 6.03 Å². The van der Waals surface area contributed by atoms with E-state index in [1.807, 2.05) is 31.2 Å². The van der Waals surface area contributed by atoms with Crippen molar-refractivity contribution >= 4 is 17.6 Å². The average Bonchev–Trinajstić information content (AvgIpc) is 2.88. The van der Waals surface area contributed by atoms with Crippen LogP contribution in [0.5, 0.6) is 5.75 Å². The summed E-state index contributed by atoms with van der Waals surface area (Å²) in [5.41, 5.74) is 0.718. The first-order valence-electron chi connectivity index (χ1n) is 7.54. The number of para-hydroxylation sites is 2. The number of hydrogen-bond donors (Lipinski definition) is 1. The molecule has 1 aliphatic heterocycles. The van der Waals surface area contributed by atoms with Crippen LogP contribution >= 0.6 is 0 Å². The van der Waals surface area contributed by atoms with E-state index in [0.29, 0.717) is 25.4 Å². The van der Waals surface area contributed by atoms with Crippen LogP contribution in [0.2, 0.25) is 0 Å². The molecule has 1 atom stereocenters. The second-order valence-electron chi connectivity index (χ2n) is 5.45. The maximum Gasteiger partial charge on any atom is 0.325 e. The number of methoxy groups -OCH3 is 2. The van der Waals surface area contributed by atoms with Gasteiger partial charge in [0.15, 0.2) is 0 Å². The van der Waals surface area contributed by atoms with Crippen molar-refractivity contribution in [2.45, 2.75) is 13.0 Å². The first-order chi connectivity index (χ1) is 11.1. The lowest BCUT2D eigenvalue weighted by Crippen LogP contribution is -2.44. The summed E-state index contributed by atoms with van der Waals surface area (Å²) in [5, 5.41) is 2.80. The Morgan fingerprint density at radius 1 is 1.30 bits per heavy atom. The fourth-order valence-corrected chi connectivity index (χ4v) is 2.59. The highest BCUT2D eigenvalue weighted by Gasteiger charge is 2.32. The summed E-state index contributed by atoms with van der Waals surface area (Å²) in [6.45, 7) is 3.36.